The van der Waals surface area contributed by atoms with E-state index in [0.29, 0.717) is 21.5 Å². The molecular formula is C16H13Br2N3O4S. The standard InChI is InChI=1S/C16H13Br2N3O4S/c1-8-5-9(17)6-11(14(8)25-2)15(22)20-16(26)19-13-4-3-10(21(23)24)7-12(13)18/h3-7H,1-2H3,(H2,19,20,22,26). The summed E-state index contributed by atoms with van der Waals surface area (Å²) in [5.74, 6) is 0.00630. The van der Waals surface area contributed by atoms with Crippen molar-refractivity contribution in [3.63, 3.8) is 0 Å². The molecule has 0 saturated carbocycles. The first-order valence-corrected chi connectivity index (χ1v) is 9.12. The van der Waals surface area contributed by atoms with E-state index < -0.39 is 10.8 Å². The number of benzene rings is 2. The zero-order valence-corrected chi connectivity index (χ0v) is 17.6. The minimum atomic E-state index is -0.503. The predicted molar refractivity (Wildman–Crippen MR) is 110 cm³/mol. The van der Waals surface area contributed by atoms with Crippen LogP contribution in [0, 0.1) is 17.0 Å². The summed E-state index contributed by atoms with van der Waals surface area (Å²) in [6, 6.07) is 7.63. The Bertz CT molecular complexity index is 905. The fourth-order valence-electron chi connectivity index (χ4n) is 2.21. The number of nitro benzene ring substituents is 1. The topological polar surface area (TPSA) is 93.5 Å². The third-order valence-corrected chi connectivity index (χ3v) is 4.64. The van der Waals surface area contributed by atoms with Gasteiger partial charge in [-0.2, -0.15) is 0 Å². The van der Waals surface area contributed by atoms with Crippen LogP contribution in [-0.2, 0) is 0 Å². The number of methoxy groups -OCH3 is 1. The van der Waals surface area contributed by atoms with Gasteiger partial charge in [0.2, 0.25) is 0 Å². The molecule has 0 fully saturated rings. The molecule has 0 aliphatic carbocycles. The second-order valence-electron chi connectivity index (χ2n) is 5.13. The van der Waals surface area contributed by atoms with E-state index in [1.807, 2.05) is 13.0 Å². The highest BCUT2D eigenvalue weighted by atomic mass is 79.9. The predicted octanol–water partition coefficient (Wildman–Crippen LogP) is 4.56. The third-order valence-electron chi connectivity index (χ3n) is 3.33. The summed E-state index contributed by atoms with van der Waals surface area (Å²) in [5, 5.41) is 16.2. The molecule has 0 spiro atoms. The van der Waals surface area contributed by atoms with Crippen molar-refractivity contribution in [2.45, 2.75) is 6.92 Å². The number of thiocarbonyl (C=S) groups is 1. The Morgan fingerprint density at radius 2 is 1.96 bits per heavy atom. The van der Waals surface area contributed by atoms with Gasteiger partial charge in [0.15, 0.2) is 5.11 Å². The first kappa shape index (κ1) is 20.3. The Kier molecular flexibility index (Phi) is 6.68. The fourth-order valence-corrected chi connectivity index (χ4v) is 3.45. The lowest BCUT2D eigenvalue weighted by molar-refractivity contribution is -0.384. The maximum atomic E-state index is 12.5. The van der Waals surface area contributed by atoms with Gasteiger partial charge >= 0.3 is 0 Å². The molecule has 0 aliphatic heterocycles. The van der Waals surface area contributed by atoms with Crippen molar-refractivity contribution < 1.29 is 14.5 Å². The Labute approximate surface area is 171 Å². The summed E-state index contributed by atoms with van der Waals surface area (Å²) < 4.78 is 6.47. The summed E-state index contributed by atoms with van der Waals surface area (Å²) in [5.41, 5.74) is 1.54. The van der Waals surface area contributed by atoms with Gasteiger partial charge in [-0.15, -0.1) is 0 Å². The number of carbonyl (C=O) groups is 1. The summed E-state index contributed by atoms with van der Waals surface area (Å²) >= 11 is 11.7. The Morgan fingerprint density at radius 3 is 2.54 bits per heavy atom. The van der Waals surface area contributed by atoms with Gasteiger partial charge in [0.25, 0.3) is 11.6 Å². The summed E-state index contributed by atoms with van der Waals surface area (Å²) in [4.78, 5) is 22.8. The van der Waals surface area contributed by atoms with Gasteiger partial charge in [-0.25, -0.2) is 0 Å². The van der Waals surface area contributed by atoms with E-state index >= 15 is 0 Å². The number of nitrogens with zero attached hydrogens (tertiary/aromatic N) is 1. The summed E-state index contributed by atoms with van der Waals surface area (Å²) in [7, 11) is 1.48. The number of halogens is 2. The lowest BCUT2D eigenvalue weighted by Gasteiger charge is -2.14. The van der Waals surface area contributed by atoms with Crippen molar-refractivity contribution in [1.29, 1.82) is 0 Å². The molecule has 7 nitrogen and oxygen atoms in total. The van der Waals surface area contributed by atoms with Gasteiger partial charge in [-0.1, -0.05) is 15.9 Å². The van der Waals surface area contributed by atoms with Gasteiger partial charge in [-0.3, -0.25) is 20.2 Å². The molecule has 26 heavy (non-hydrogen) atoms. The number of hydrogen-bond acceptors (Lipinski definition) is 5. The molecule has 136 valence electrons. The fraction of sp³-hybridized carbons (Fsp3) is 0.125. The van der Waals surface area contributed by atoms with Gasteiger partial charge in [0, 0.05) is 21.1 Å². The molecule has 2 N–H and O–H groups in total. The van der Waals surface area contributed by atoms with Crippen LogP contribution in [0.3, 0.4) is 0 Å². The SMILES string of the molecule is COc1c(C)cc(Br)cc1C(=O)NC(=S)Nc1ccc([N+](=O)[O-])cc1Br. The highest BCUT2D eigenvalue weighted by molar-refractivity contribution is 9.10. The molecule has 0 aliphatic rings. The van der Waals surface area contributed by atoms with E-state index in [2.05, 4.69) is 42.5 Å². The highest BCUT2D eigenvalue weighted by Gasteiger charge is 2.17. The highest BCUT2D eigenvalue weighted by Crippen LogP contribution is 2.29. The van der Waals surface area contributed by atoms with Crippen LogP contribution in [0.5, 0.6) is 5.75 Å². The Hall–Kier alpha value is -2.04. The molecule has 0 aromatic heterocycles. The molecule has 0 heterocycles. The van der Waals surface area contributed by atoms with Gasteiger partial charge < -0.3 is 10.1 Å². The van der Waals surface area contributed by atoms with Crippen molar-refractivity contribution in [1.82, 2.24) is 5.32 Å². The molecule has 0 unspecified atom stereocenters. The number of nitrogens with one attached hydrogen (secondary N) is 2. The molecule has 0 atom stereocenters. The summed E-state index contributed by atoms with van der Waals surface area (Å²) in [6.45, 7) is 1.82. The largest absolute Gasteiger partial charge is 0.496 e. The van der Waals surface area contributed by atoms with Crippen LogP contribution >= 0.6 is 44.1 Å². The number of anilines is 1. The first-order chi connectivity index (χ1) is 12.2. The van der Waals surface area contributed by atoms with E-state index in [0.717, 1.165) is 10.0 Å². The molecule has 0 radical (unpaired) electrons. The molecular weight excluding hydrogens is 490 g/mol. The molecule has 1 amide bonds. The molecule has 2 aromatic carbocycles. The molecule has 2 aromatic rings. The van der Waals surface area contributed by atoms with Crippen molar-refractivity contribution in [3.05, 3.63) is 60.5 Å². The lowest BCUT2D eigenvalue weighted by atomic mass is 10.1. The van der Waals surface area contributed by atoms with Crippen LogP contribution in [0.15, 0.2) is 39.3 Å². The Balaban J connectivity index is 2.16. The van der Waals surface area contributed by atoms with Gasteiger partial charge in [0.05, 0.1) is 23.3 Å². The maximum Gasteiger partial charge on any atom is 0.270 e. The van der Waals surface area contributed by atoms with Crippen molar-refractivity contribution >= 4 is 66.5 Å². The average molecular weight is 503 g/mol. The van der Waals surface area contributed by atoms with Crippen LogP contribution in [0.4, 0.5) is 11.4 Å². The number of hydrogen-bond donors (Lipinski definition) is 2. The Morgan fingerprint density at radius 1 is 1.27 bits per heavy atom. The number of amides is 1. The molecule has 10 heteroatoms. The van der Waals surface area contributed by atoms with E-state index in [1.54, 1.807) is 6.07 Å². The van der Waals surface area contributed by atoms with Crippen molar-refractivity contribution in [2.75, 3.05) is 12.4 Å². The van der Waals surface area contributed by atoms with Gasteiger partial charge in [0.1, 0.15) is 5.75 Å². The lowest BCUT2D eigenvalue weighted by Crippen LogP contribution is -2.34. The zero-order chi connectivity index (χ0) is 19.4. The first-order valence-electron chi connectivity index (χ1n) is 7.13. The zero-order valence-electron chi connectivity index (χ0n) is 13.6. The van der Waals surface area contributed by atoms with E-state index in [4.69, 9.17) is 17.0 Å². The average Bonchev–Trinajstić information content (AvgIpc) is 2.55. The number of rotatable bonds is 4. The van der Waals surface area contributed by atoms with Crippen LogP contribution in [-0.4, -0.2) is 23.1 Å². The van der Waals surface area contributed by atoms with Crippen molar-refractivity contribution in [2.24, 2.45) is 0 Å². The quantitative estimate of drug-likeness (QED) is 0.361. The molecule has 2 rings (SSSR count). The van der Waals surface area contributed by atoms with E-state index in [9.17, 15) is 14.9 Å². The number of carbonyl (C=O) groups excluding carboxylic acids is 1. The van der Waals surface area contributed by atoms with E-state index in [1.165, 1.54) is 25.3 Å². The van der Waals surface area contributed by atoms with E-state index in [-0.39, 0.29) is 10.8 Å². The monoisotopic (exact) mass is 501 g/mol. The second-order valence-corrected chi connectivity index (χ2v) is 7.31. The van der Waals surface area contributed by atoms with Crippen molar-refractivity contribution in [3.8, 4) is 5.75 Å². The van der Waals surface area contributed by atoms with Crippen LogP contribution in [0.2, 0.25) is 0 Å². The summed E-state index contributed by atoms with van der Waals surface area (Å²) in [6.07, 6.45) is 0. The number of nitro groups is 1. The number of non-ortho nitro benzene ring substituents is 1. The number of aryl methyl sites for hydroxylation is 1. The maximum absolute atomic E-state index is 12.5. The van der Waals surface area contributed by atoms with Crippen LogP contribution in [0.1, 0.15) is 15.9 Å². The third kappa shape index (κ3) is 4.77. The number of ether oxygens (including phenoxy) is 1. The molecule has 0 saturated heterocycles. The second kappa shape index (κ2) is 8.56. The minimum absolute atomic E-state index is 0.0456. The minimum Gasteiger partial charge on any atom is -0.496 e. The van der Waals surface area contributed by atoms with Gasteiger partial charge in [-0.05, 0) is 58.8 Å². The smallest absolute Gasteiger partial charge is 0.270 e. The normalized spacial score (nSPS) is 10.2. The van der Waals surface area contributed by atoms with Crippen LogP contribution < -0.4 is 15.4 Å². The molecule has 0 bridgehead atoms. The van der Waals surface area contributed by atoms with Crippen LogP contribution in [0.25, 0.3) is 0 Å².